The van der Waals surface area contributed by atoms with E-state index in [0.29, 0.717) is 11.4 Å². The number of aryl methyl sites for hydroxylation is 1. The zero-order valence-electron chi connectivity index (χ0n) is 14.3. The van der Waals surface area contributed by atoms with Crippen LogP contribution in [0.4, 0.5) is 5.82 Å². The van der Waals surface area contributed by atoms with Crippen molar-refractivity contribution in [2.75, 3.05) is 11.9 Å². The molecule has 3 aromatic rings. The fourth-order valence-electron chi connectivity index (χ4n) is 2.43. The van der Waals surface area contributed by atoms with Gasteiger partial charge in [0, 0.05) is 36.6 Å². The second kappa shape index (κ2) is 8.06. The molecule has 2 amide bonds. The molecule has 0 aliphatic rings. The molecule has 0 aliphatic carbocycles. The molecule has 0 saturated carbocycles. The number of pyridine rings is 1. The molecule has 26 heavy (non-hydrogen) atoms. The quantitative estimate of drug-likeness (QED) is 0.715. The largest absolute Gasteiger partial charge is 0.352 e. The topological polar surface area (TPSA) is 88.9 Å². The van der Waals surface area contributed by atoms with Gasteiger partial charge in [-0.1, -0.05) is 6.07 Å². The molecule has 2 heterocycles. The number of benzene rings is 1. The Balaban J connectivity index is 1.49. The van der Waals surface area contributed by atoms with E-state index in [4.69, 9.17) is 0 Å². The number of carbonyl (C=O) groups excluding carboxylic acids is 2. The van der Waals surface area contributed by atoms with E-state index in [1.54, 1.807) is 47.4 Å². The van der Waals surface area contributed by atoms with Gasteiger partial charge in [-0.2, -0.15) is 5.10 Å². The molecule has 0 radical (unpaired) electrons. The van der Waals surface area contributed by atoms with E-state index >= 15 is 0 Å². The number of amides is 2. The highest BCUT2D eigenvalue weighted by Crippen LogP contribution is 2.11. The summed E-state index contributed by atoms with van der Waals surface area (Å²) in [5.74, 6) is 0.0706. The molecule has 0 unspecified atom stereocenters. The standard InChI is InChI=1S/C19H19N5O2/c1-14-9-13-22-24(14)16-7-5-15(6-8-16)19(26)21-12-10-18(25)23-17-4-2-3-11-20-17/h2-9,11,13H,10,12H2,1H3,(H,21,26)(H,20,23,25). The van der Waals surface area contributed by atoms with Gasteiger partial charge in [0.25, 0.3) is 5.91 Å². The first-order valence-electron chi connectivity index (χ1n) is 8.23. The first-order valence-corrected chi connectivity index (χ1v) is 8.23. The van der Waals surface area contributed by atoms with Crippen molar-refractivity contribution in [1.29, 1.82) is 0 Å². The first kappa shape index (κ1) is 17.3. The molecule has 7 nitrogen and oxygen atoms in total. The fraction of sp³-hybridized carbons (Fsp3) is 0.158. The van der Waals surface area contributed by atoms with Crippen LogP contribution in [-0.4, -0.2) is 33.1 Å². The highest BCUT2D eigenvalue weighted by Gasteiger charge is 2.08. The summed E-state index contributed by atoms with van der Waals surface area (Å²) in [6, 6.07) is 14.3. The minimum atomic E-state index is -0.223. The Hall–Kier alpha value is -3.48. The lowest BCUT2D eigenvalue weighted by Gasteiger charge is -2.08. The second-order valence-electron chi connectivity index (χ2n) is 5.70. The number of anilines is 1. The molecule has 0 bridgehead atoms. The molecular weight excluding hydrogens is 330 g/mol. The second-order valence-corrected chi connectivity index (χ2v) is 5.70. The Morgan fingerprint density at radius 1 is 1.04 bits per heavy atom. The molecule has 0 aliphatic heterocycles. The minimum absolute atomic E-state index is 0.173. The Morgan fingerprint density at radius 2 is 1.85 bits per heavy atom. The molecular formula is C19H19N5O2. The summed E-state index contributed by atoms with van der Waals surface area (Å²) in [7, 11) is 0. The van der Waals surface area contributed by atoms with Gasteiger partial charge in [-0.3, -0.25) is 9.59 Å². The fourth-order valence-corrected chi connectivity index (χ4v) is 2.43. The summed E-state index contributed by atoms with van der Waals surface area (Å²) in [6.07, 6.45) is 3.50. The molecule has 2 N–H and O–H groups in total. The van der Waals surface area contributed by atoms with Gasteiger partial charge >= 0.3 is 0 Å². The summed E-state index contributed by atoms with van der Waals surface area (Å²) in [5, 5.41) is 9.64. The van der Waals surface area contributed by atoms with Gasteiger partial charge in [0.15, 0.2) is 0 Å². The van der Waals surface area contributed by atoms with Crippen LogP contribution in [0.2, 0.25) is 0 Å². The molecule has 0 saturated heterocycles. The molecule has 7 heteroatoms. The average Bonchev–Trinajstić information content (AvgIpc) is 3.08. The molecule has 0 atom stereocenters. The minimum Gasteiger partial charge on any atom is -0.352 e. The van der Waals surface area contributed by atoms with Gasteiger partial charge < -0.3 is 10.6 Å². The normalized spacial score (nSPS) is 10.3. The van der Waals surface area contributed by atoms with Gasteiger partial charge in [-0.15, -0.1) is 0 Å². The molecule has 132 valence electrons. The van der Waals surface area contributed by atoms with Crippen molar-refractivity contribution >= 4 is 17.6 Å². The zero-order valence-corrected chi connectivity index (χ0v) is 14.3. The highest BCUT2D eigenvalue weighted by molar-refractivity contribution is 5.95. The lowest BCUT2D eigenvalue weighted by Crippen LogP contribution is -2.27. The van der Waals surface area contributed by atoms with Crippen LogP contribution in [0.25, 0.3) is 5.69 Å². The predicted octanol–water partition coefficient (Wildman–Crippen LogP) is 2.33. The van der Waals surface area contributed by atoms with Crippen LogP contribution in [0.5, 0.6) is 0 Å². The van der Waals surface area contributed by atoms with Gasteiger partial charge in [0.2, 0.25) is 5.91 Å². The van der Waals surface area contributed by atoms with E-state index in [1.165, 1.54) is 0 Å². The summed E-state index contributed by atoms with van der Waals surface area (Å²) < 4.78 is 1.80. The predicted molar refractivity (Wildman–Crippen MR) is 98.1 cm³/mol. The number of hydrogen-bond acceptors (Lipinski definition) is 4. The van der Waals surface area contributed by atoms with Crippen molar-refractivity contribution in [2.45, 2.75) is 13.3 Å². The summed E-state index contributed by atoms with van der Waals surface area (Å²) in [5.41, 5.74) is 2.43. The van der Waals surface area contributed by atoms with E-state index in [0.717, 1.165) is 11.4 Å². The number of hydrogen-bond donors (Lipinski definition) is 2. The first-order chi connectivity index (χ1) is 12.6. The molecule has 0 fully saturated rings. The molecule has 3 rings (SSSR count). The zero-order chi connectivity index (χ0) is 18.4. The van der Waals surface area contributed by atoms with E-state index < -0.39 is 0 Å². The van der Waals surface area contributed by atoms with E-state index in [2.05, 4.69) is 20.7 Å². The van der Waals surface area contributed by atoms with Crippen molar-refractivity contribution in [2.24, 2.45) is 0 Å². The summed E-state index contributed by atoms with van der Waals surface area (Å²) >= 11 is 0. The van der Waals surface area contributed by atoms with Gasteiger partial charge in [0.05, 0.1) is 5.69 Å². The number of carbonyl (C=O) groups is 2. The molecule has 1 aromatic carbocycles. The van der Waals surface area contributed by atoms with E-state index in [-0.39, 0.29) is 24.8 Å². The average molecular weight is 349 g/mol. The van der Waals surface area contributed by atoms with Crippen LogP contribution in [0, 0.1) is 6.92 Å². The van der Waals surface area contributed by atoms with Crippen molar-refractivity contribution in [3.8, 4) is 5.69 Å². The van der Waals surface area contributed by atoms with E-state index in [9.17, 15) is 9.59 Å². The maximum atomic E-state index is 12.2. The third kappa shape index (κ3) is 4.32. The lowest BCUT2D eigenvalue weighted by atomic mass is 10.2. The summed E-state index contributed by atoms with van der Waals surface area (Å²) in [4.78, 5) is 28.0. The Bertz CT molecular complexity index is 888. The number of nitrogens with one attached hydrogen (secondary N) is 2. The lowest BCUT2D eigenvalue weighted by molar-refractivity contribution is -0.116. The Labute approximate surface area is 151 Å². The SMILES string of the molecule is Cc1ccnn1-c1ccc(C(=O)NCCC(=O)Nc2ccccn2)cc1. The maximum Gasteiger partial charge on any atom is 0.251 e. The van der Waals surface area contributed by atoms with Gasteiger partial charge in [0.1, 0.15) is 5.82 Å². The van der Waals surface area contributed by atoms with Crippen LogP contribution < -0.4 is 10.6 Å². The van der Waals surface area contributed by atoms with Crippen LogP contribution in [0.3, 0.4) is 0 Å². The Kier molecular flexibility index (Phi) is 5.38. The van der Waals surface area contributed by atoms with Crippen LogP contribution in [0.15, 0.2) is 60.9 Å². The van der Waals surface area contributed by atoms with Crippen molar-refractivity contribution in [3.63, 3.8) is 0 Å². The van der Waals surface area contributed by atoms with Crippen LogP contribution in [0.1, 0.15) is 22.5 Å². The highest BCUT2D eigenvalue weighted by atomic mass is 16.2. The number of nitrogens with zero attached hydrogens (tertiary/aromatic N) is 3. The third-order valence-electron chi connectivity index (χ3n) is 3.78. The third-order valence-corrected chi connectivity index (χ3v) is 3.78. The van der Waals surface area contributed by atoms with Crippen LogP contribution in [-0.2, 0) is 4.79 Å². The van der Waals surface area contributed by atoms with Crippen molar-refractivity contribution in [3.05, 3.63) is 72.2 Å². The maximum absolute atomic E-state index is 12.2. The monoisotopic (exact) mass is 349 g/mol. The smallest absolute Gasteiger partial charge is 0.251 e. The Morgan fingerprint density at radius 3 is 2.50 bits per heavy atom. The van der Waals surface area contributed by atoms with Crippen LogP contribution >= 0.6 is 0 Å². The number of aromatic nitrogens is 3. The van der Waals surface area contributed by atoms with Gasteiger partial charge in [-0.05, 0) is 49.4 Å². The van der Waals surface area contributed by atoms with Crippen molar-refractivity contribution in [1.82, 2.24) is 20.1 Å². The number of rotatable bonds is 6. The molecule has 0 spiro atoms. The molecule has 2 aromatic heterocycles. The van der Waals surface area contributed by atoms with E-state index in [1.807, 2.05) is 25.1 Å². The van der Waals surface area contributed by atoms with Crippen molar-refractivity contribution < 1.29 is 9.59 Å². The summed E-state index contributed by atoms with van der Waals surface area (Å²) in [6.45, 7) is 2.21. The van der Waals surface area contributed by atoms with Gasteiger partial charge in [-0.25, -0.2) is 9.67 Å².